The van der Waals surface area contributed by atoms with Crippen molar-refractivity contribution in [3.05, 3.63) is 54.7 Å². The number of amides is 1. The Kier molecular flexibility index (Phi) is 5.04. The van der Waals surface area contributed by atoms with Crippen LogP contribution in [0.15, 0.2) is 38.5 Å². The van der Waals surface area contributed by atoms with Crippen LogP contribution in [0, 0.1) is 0 Å². The highest BCUT2D eigenvalue weighted by atomic mass is 79.9. The smallest absolute Gasteiger partial charge is 0.328 e. The molecule has 0 radical (unpaired) electrons. The number of anilines is 1. The maximum Gasteiger partial charge on any atom is 0.328 e. The molecule has 0 unspecified atom stereocenters. The number of hydrogen-bond donors (Lipinski definition) is 2. The Labute approximate surface area is 138 Å². The summed E-state index contributed by atoms with van der Waals surface area (Å²) in [7, 11) is 1.46. The van der Waals surface area contributed by atoms with Crippen LogP contribution in [0.5, 0.6) is 5.75 Å². The summed E-state index contributed by atoms with van der Waals surface area (Å²) in [5, 5.41) is 3.03. The van der Waals surface area contributed by atoms with Crippen molar-refractivity contribution in [2.24, 2.45) is 0 Å². The molecule has 7 nitrogen and oxygen atoms in total. The average molecular weight is 389 g/mol. The first-order chi connectivity index (χ1) is 10.4. The summed E-state index contributed by atoms with van der Waals surface area (Å²) in [6, 6.07) is 4.77. The van der Waals surface area contributed by atoms with Crippen LogP contribution in [0.1, 0.15) is 0 Å². The molecular formula is C13H11BrClN3O4. The van der Waals surface area contributed by atoms with Gasteiger partial charge in [0.05, 0.1) is 17.3 Å². The Morgan fingerprint density at radius 2 is 2.18 bits per heavy atom. The van der Waals surface area contributed by atoms with Crippen LogP contribution >= 0.6 is 27.5 Å². The number of hydrogen-bond acceptors (Lipinski definition) is 4. The van der Waals surface area contributed by atoms with Crippen molar-refractivity contribution in [2.75, 3.05) is 12.4 Å². The molecule has 0 spiro atoms. The molecule has 0 aliphatic carbocycles. The highest BCUT2D eigenvalue weighted by Crippen LogP contribution is 2.27. The Bertz CT molecular complexity index is 831. The summed E-state index contributed by atoms with van der Waals surface area (Å²) >= 11 is 8.87. The number of benzene rings is 1. The van der Waals surface area contributed by atoms with Gasteiger partial charge in [0.1, 0.15) is 12.3 Å². The Hall–Kier alpha value is -2.06. The highest BCUT2D eigenvalue weighted by Gasteiger charge is 2.11. The van der Waals surface area contributed by atoms with Crippen molar-refractivity contribution in [3.63, 3.8) is 0 Å². The first kappa shape index (κ1) is 16.3. The first-order valence-corrected chi connectivity index (χ1v) is 7.20. The Morgan fingerprint density at radius 3 is 2.86 bits per heavy atom. The van der Waals surface area contributed by atoms with E-state index in [1.807, 2.05) is 0 Å². The molecule has 2 rings (SSSR count). The molecule has 0 aliphatic rings. The minimum Gasteiger partial charge on any atom is -0.495 e. The molecule has 9 heteroatoms. The van der Waals surface area contributed by atoms with Gasteiger partial charge in [0.25, 0.3) is 5.56 Å². The second-order valence-electron chi connectivity index (χ2n) is 4.26. The third-order valence-corrected chi connectivity index (χ3v) is 3.52. The molecule has 116 valence electrons. The quantitative estimate of drug-likeness (QED) is 0.832. The van der Waals surface area contributed by atoms with Crippen molar-refractivity contribution >= 4 is 39.1 Å². The molecule has 0 saturated heterocycles. The Balaban J connectivity index is 2.21. The van der Waals surface area contributed by atoms with E-state index in [1.54, 1.807) is 12.1 Å². The van der Waals surface area contributed by atoms with E-state index in [0.29, 0.717) is 16.5 Å². The highest BCUT2D eigenvalue weighted by molar-refractivity contribution is 9.10. The van der Waals surface area contributed by atoms with Crippen molar-refractivity contribution in [2.45, 2.75) is 6.54 Å². The standard InChI is InChI=1S/C13H11BrClN3O4/c1-22-10-3-2-7(15)4-9(10)16-11(19)6-18-5-8(14)12(20)17-13(18)21/h2-5H,6H2,1H3,(H,16,19)(H,17,20,21). The maximum atomic E-state index is 12.0. The normalized spacial score (nSPS) is 10.3. The molecule has 2 aromatic rings. The van der Waals surface area contributed by atoms with Gasteiger partial charge in [0, 0.05) is 11.2 Å². The Morgan fingerprint density at radius 1 is 1.45 bits per heavy atom. The van der Waals surface area contributed by atoms with E-state index >= 15 is 0 Å². The second-order valence-corrected chi connectivity index (χ2v) is 5.55. The van der Waals surface area contributed by atoms with E-state index in [1.165, 1.54) is 19.4 Å². The first-order valence-electron chi connectivity index (χ1n) is 6.03. The van der Waals surface area contributed by atoms with Gasteiger partial charge in [-0.2, -0.15) is 0 Å². The van der Waals surface area contributed by atoms with Crippen LogP contribution in [-0.4, -0.2) is 22.6 Å². The summed E-state index contributed by atoms with van der Waals surface area (Å²) in [4.78, 5) is 37.0. The number of carbonyl (C=O) groups is 1. The molecule has 0 bridgehead atoms. The molecule has 0 saturated carbocycles. The number of nitrogens with one attached hydrogen (secondary N) is 2. The molecule has 1 amide bonds. The fourth-order valence-electron chi connectivity index (χ4n) is 1.72. The number of ether oxygens (including phenoxy) is 1. The van der Waals surface area contributed by atoms with E-state index in [4.69, 9.17) is 16.3 Å². The number of nitrogens with zero attached hydrogens (tertiary/aromatic N) is 1. The van der Waals surface area contributed by atoms with Gasteiger partial charge in [-0.15, -0.1) is 0 Å². The maximum absolute atomic E-state index is 12.0. The predicted octanol–water partition coefficient (Wildman–Crippen LogP) is 1.60. The van der Waals surface area contributed by atoms with E-state index in [9.17, 15) is 14.4 Å². The lowest BCUT2D eigenvalue weighted by Gasteiger charge is -2.11. The fraction of sp³-hybridized carbons (Fsp3) is 0.154. The number of H-pyrrole nitrogens is 1. The molecule has 22 heavy (non-hydrogen) atoms. The number of halogens is 2. The minimum atomic E-state index is -0.679. The van der Waals surface area contributed by atoms with Gasteiger partial charge in [-0.25, -0.2) is 4.79 Å². The van der Waals surface area contributed by atoms with Gasteiger partial charge in [-0.05, 0) is 34.1 Å². The van der Waals surface area contributed by atoms with Crippen molar-refractivity contribution in [1.82, 2.24) is 9.55 Å². The zero-order valence-corrected chi connectivity index (χ0v) is 13.7. The van der Waals surface area contributed by atoms with Gasteiger partial charge in [0.15, 0.2) is 0 Å². The van der Waals surface area contributed by atoms with Crippen LogP contribution in [0.4, 0.5) is 5.69 Å². The van der Waals surface area contributed by atoms with Crippen LogP contribution in [0.2, 0.25) is 5.02 Å². The summed E-state index contributed by atoms with van der Waals surface area (Å²) in [6.07, 6.45) is 1.25. The van der Waals surface area contributed by atoms with E-state index in [-0.39, 0.29) is 11.0 Å². The number of rotatable bonds is 4. The lowest BCUT2D eigenvalue weighted by atomic mass is 10.3. The third-order valence-electron chi connectivity index (χ3n) is 2.72. The van der Waals surface area contributed by atoms with Gasteiger partial charge < -0.3 is 10.1 Å². The number of carbonyl (C=O) groups excluding carboxylic acids is 1. The largest absolute Gasteiger partial charge is 0.495 e. The molecule has 1 aromatic heterocycles. The molecule has 2 N–H and O–H groups in total. The summed E-state index contributed by atoms with van der Waals surface area (Å²) in [6.45, 7) is -0.274. The SMILES string of the molecule is COc1ccc(Cl)cc1NC(=O)Cn1cc(Br)c(=O)[nH]c1=O. The van der Waals surface area contributed by atoms with Crippen molar-refractivity contribution < 1.29 is 9.53 Å². The van der Waals surface area contributed by atoms with Crippen molar-refractivity contribution in [1.29, 1.82) is 0 Å². The summed E-state index contributed by atoms with van der Waals surface area (Å²) in [5.74, 6) is -0.0330. The minimum absolute atomic E-state index is 0.153. The van der Waals surface area contributed by atoms with Gasteiger partial charge in [-0.3, -0.25) is 19.1 Å². The van der Waals surface area contributed by atoms with E-state index in [0.717, 1.165) is 4.57 Å². The molecule has 0 aliphatic heterocycles. The van der Waals surface area contributed by atoms with Crippen LogP contribution in [0.25, 0.3) is 0 Å². The zero-order chi connectivity index (χ0) is 16.3. The molecule has 1 aromatic carbocycles. The molecular weight excluding hydrogens is 378 g/mol. The van der Waals surface area contributed by atoms with Crippen molar-refractivity contribution in [3.8, 4) is 5.75 Å². The lowest BCUT2D eigenvalue weighted by Crippen LogP contribution is -2.33. The predicted molar refractivity (Wildman–Crippen MR) is 85.7 cm³/mol. The molecule has 1 heterocycles. The summed E-state index contributed by atoms with van der Waals surface area (Å²) in [5.41, 5.74) is -0.851. The second kappa shape index (κ2) is 6.80. The van der Waals surface area contributed by atoms with Crippen LogP contribution in [-0.2, 0) is 11.3 Å². The number of aromatic nitrogens is 2. The van der Waals surface area contributed by atoms with E-state index < -0.39 is 17.2 Å². The van der Waals surface area contributed by atoms with Gasteiger partial charge in [0.2, 0.25) is 5.91 Å². The topological polar surface area (TPSA) is 93.2 Å². The summed E-state index contributed by atoms with van der Waals surface area (Å²) < 4.78 is 6.33. The average Bonchev–Trinajstić information content (AvgIpc) is 2.45. The monoisotopic (exact) mass is 387 g/mol. The lowest BCUT2D eigenvalue weighted by molar-refractivity contribution is -0.116. The zero-order valence-electron chi connectivity index (χ0n) is 11.4. The van der Waals surface area contributed by atoms with Crippen LogP contribution < -0.4 is 21.3 Å². The van der Waals surface area contributed by atoms with Gasteiger partial charge >= 0.3 is 5.69 Å². The number of aromatic amines is 1. The molecule has 0 atom stereocenters. The molecule has 0 fully saturated rings. The van der Waals surface area contributed by atoms with Crippen LogP contribution in [0.3, 0.4) is 0 Å². The number of methoxy groups -OCH3 is 1. The van der Waals surface area contributed by atoms with Gasteiger partial charge in [-0.1, -0.05) is 11.6 Å². The van der Waals surface area contributed by atoms with E-state index in [2.05, 4.69) is 26.2 Å². The third kappa shape index (κ3) is 3.77. The fourth-order valence-corrected chi connectivity index (χ4v) is 2.24.